The van der Waals surface area contributed by atoms with Gasteiger partial charge in [-0.05, 0) is 35.4 Å². The highest BCUT2D eigenvalue weighted by Gasteiger charge is 2.45. The van der Waals surface area contributed by atoms with Gasteiger partial charge in [0.25, 0.3) is 0 Å². The zero-order valence-electron chi connectivity index (χ0n) is 16.7. The Morgan fingerprint density at radius 1 is 1.03 bits per heavy atom. The Labute approximate surface area is 180 Å². The van der Waals surface area contributed by atoms with E-state index in [0.29, 0.717) is 5.56 Å². The molecule has 3 rings (SSSR count). The molecule has 0 aliphatic carbocycles. The second-order valence-electron chi connectivity index (χ2n) is 7.10. The zero-order chi connectivity index (χ0) is 23.6. The number of aliphatic hydroxyl groups excluding tert-OH is 4. The lowest BCUT2D eigenvalue weighted by Gasteiger charge is -2.39. The molecule has 0 aromatic heterocycles. The van der Waals surface area contributed by atoms with Gasteiger partial charge in [-0.3, -0.25) is 0 Å². The van der Waals surface area contributed by atoms with E-state index in [0.717, 1.165) is 12.1 Å². The maximum Gasteiger partial charge on any atom is 0.419 e. The first-order chi connectivity index (χ1) is 15.1. The number of halogens is 3. The average Bonchev–Trinajstić information content (AvgIpc) is 2.78. The summed E-state index contributed by atoms with van der Waals surface area (Å²) in [6, 6.07) is 8.95. The van der Waals surface area contributed by atoms with Gasteiger partial charge in [0.15, 0.2) is 0 Å². The van der Waals surface area contributed by atoms with Crippen molar-refractivity contribution in [1.29, 1.82) is 0 Å². The molecule has 1 saturated heterocycles. The molecule has 1 unspecified atom stereocenters. The summed E-state index contributed by atoms with van der Waals surface area (Å²) in [4.78, 5) is 11.7. The van der Waals surface area contributed by atoms with Gasteiger partial charge in [0.1, 0.15) is 30.2 Å². The van der Waals surface area contributed by atoms with Crippen molar-refractivity contribution in [3.63, 3.8) is 0 Å². The van der Waals surface area contributed by atoms with Gasteiger partial charge in [0, 0.05) is 0 Å². The molecule has 1 fully saturated rings. The summed E-state index contributed by atoms with van der Waals surface area (Å²) in [5.41, 5.74) is -0.599. The van der Waals surface area contributed by atoms with E-state index in [2.05, 4.69) is 4.74 Å². The number of carbonyl (C=O) groups excluding carboxylic acids is 1. The number of aliphatic hydroxyl groups is 4. The molecule has 2 aromatic carbocycles. The van der Waals surface area contributed by atoms with Gasteiger partial charge in [-0.25, -0.2) is 4.79 Å². The minimum atomic E-state index is -4.86. The van der Waals surface area contributed by atoms with E-state index in [9.17, 15) is 38.4 Å². The highest BCUT2D eigenvalue weighted by molar-refractivity contribution is 5.91. The summed E-state index contributed by atoms with van der Waals surface area (Å²) >= 11 is 0. The van der Waals surface area contributed by atoms with Gasteiger partial charge in [0.05, 0.1) is 24.8 Å². The van der Waals surface area contributed by atoms with Crippen molar-refractivity contribution in [3.05, 3.63) is 53.6 Å². The van der Waals surface area contributed by atoms with Crippen molar-refractivity contribution in [1.82, 2.24) is 0 Å². The molecule has 0 saturated carbocycles. The van der Waals surface area contributed by atoms with Crippen LogP contribution in [-0.4, -0.2) is 70.8 Å². The van der Waals surface area contributed by atoms with Crippen LogP contribution in [0.1, 0.15) is 15.9 Å². The molecule has 5 atom stereocenters. The highest BCUT2D eigenvalue weighted by Crippen LogP contribution is 2.40. The first-order valence-electron chi connectivity index (χ1n) is 9.44. The molecule has 11 heteroatoms. The number of hydrogen-bond donors (Lipinski definition) is 4. The van der Waals surface area contributed by atoms with Gasteiger partial charge >= 0.3 is 12.1 Å². The molecular weight excluding hydrogens is 437 g/mol. The summed E-state index contributed by atoms with van der Waals surface area (Å²) in [6.45, 7) is -0.758. The van der Waals surface area contributed by atoms with Crippen molar-refractivity contribution in [2.24, 2.45) is 0 Å². The minimum Gasteiger partial charge on any atom is -0.465 e. The lowest BCUT2D eigenvalue weighted by atomic mass is 9.99. The summed E-state index contributed by atoms with van der Waals surface area (Å²) in [5, 5.41) is 38.9. The van der Waals surface area contributed by atoms with Gasteiger partial charge in [-0.1, -0.05) is 18.2 Å². The standard InChI is InChI=1S/C21H21F3O8/c1-30-19(29)12-4-2-3-10(7-12)11-5-6-14(13(8-11)21(22,23)24)31-20-18(28)17(27)16(26)15(9-25)32-20/h2-8,15-18,20,25-28H,9H2,1H3/t15-,16+,17+,18-,20?/m0/s1. The van der Waals surface area contributed by atoms with E-state index >= 15 is 0 Å². The van der Waals surface area contributed by atoms with Crippen LogP contribution in [0.15, 0.2) is 42.5 Å². The average molecular weight is 458 g/mol. The molecule has 4 N–H and O–H groups in total. The van der Waals surface area contributed by atoms with Crippen LogP contribution in [0.2, 0.25) is 0 Å². The largest absolute Gasteiger partial charge is 0.465 e. The zero-order valence-corrected chi connectivity index (χ0v) is 16.7. The van der Waals surface area contributed by atoms with Crippen LogP contribution in [-0.2, 0) is 15.7 Å². The number of ether oxygens (including phenoxy) is 3. The van der Waals surface area contributed by atoms with Crippen molar-refractivity contribution >= 4 is 5.97 Å². The third kappa shape index (κ3) is 4.87. The van der Waals surface area contributed by atoms with Crippen LogP contribution >= 0.6 is 0 Å². The number of methoxy groups -OCH3 is 1. The van der Waals surface area contributed by atoms with E-state index < -0.39 is 60.8 Å². The summed E-state index contributed by atoms with van der Waals surface area (Å²) in [6.07, 6.45) is -13.3. The molecule has 174 valence electrons. The number of rotatable bonds is 5. The smallest absolute Gasteiger partial charge is 0.419 e. The normalized spacial score (nSPS) is 25.9. The highest BCUT2D eigenvalue weighted by atomic mass is 19.4. The molecule has 0 amide bonds. The number of esters is 1. The Kier molecular flexibility index (Phi) is 7.06. The Bertz CT molecular complexity index is 962. The summed E-state index contributed by atoms with van der Waals surface area (Å²) < 4.78 is 56.2. The van der Waals surface area contributed by atoms with Gasteiger partial charge in [-0.2, -0.15) is 13.2 Å². The van der Waals surface area contributed by atoms with Crippen molar-refractivity contribution in [2.45, 2.75) is 36.9 Å². The van der Waals surface area contributed by atoms with Crippen LogP contribution in [0.4, 0.5) is 13.2 Å². The first kappa shape index (κ1) is 24.0. The second kappa shape index (κ2) is 9.43. The number of hydrogen-bond acceptors (Lipinski definition) is 8. The molecule has 1 heterocycles. The van der Waals surface area contributed by atoms with Crippen molar-refractivity contribution in [3.8, 4) is 16.9 Å². The fraction of sp³-hybridized carbons (Fsp3) is 0.381. The maximum atomic E-state index is 13.8. The summed E-state index contributed by atoms with van der Waals surface area (Å²) in [5.74, 6) is -1.35. The lowest BCUT2D eigenvalue weighted by Crippen LogP contribution is -2.60. The monoisotopic (exact) mass is 458 g/mol. The van der Waals surface area contributed by atoms with E-state index in [-0.39, 0.29) is 11.1 Å². The van der Waals surface area contributed by atoms with E-state index in [4.69, 9.17) is 9.47 Å². The first-order valence-corrected chi connectivity index (χ1v) is 9.44. The van der Waals surface area contributed by atoms with E-state index in [1.165, 1.54) is 37.4 Å². The number of alkyl halides is 3. The van der Waals surface area contributed by atoms with Crippen LogP contribution in [0.3, 0.4) is 0 Å². The van der Waals surface area contributed by atoms with E-state index in [1.54, 1.807) is 0 Å². The number of carbonyl (C=O) groups is 1. The van der Waals surface area contributed by atoms with Crippen LogP contribution < -0.4 is 4.74 Å². The third-order valence-corrected chi connectivity index (χ3v) is 4.99. The fourth-order valence-electron chi connectivity index (χ4n) is 3.27. The van der Waals surface area contributed by atoms with Gasteiger partial charge in [-0.15, -0.1) is 0 Å². The molecule has 0 spiro atoms. The molecule has 32 heavy (non-hydrogen) atoms. The van der Waals surface area contributed by atoms with Crippen LogP contribution in [0, 0.1) is 0 Å². The molecule has 0 bridgehead atoms. The second-order valence-corrected chi connectivity index (χ2v) is 7.10. The molecular formula is C21H21F3O8. The molecule has 2 aromatic rings. The fourth-order valence-corrected chi connectivity index (χ4v) is 3.27. The van der Waals surface area contributed by atoms with Crippen LogP contribution in [0.25, 0.3) is 11.1 Å². The van der Waals surface area contributed by atoms with E-state index in [1.807, 2.05) is 0 Å². The molecule has 1 aliphatic heterocycles. The number of benzene rings is 2. The molecule has 0 radical (unpaired) electrons. The van der Waals surface area contributed by atoms with Gasteiger partial charge < -0.3 is 34.6 Å². The third-order valence-electron chi connectivity index (χ3n) is 4.99. The predicted octanol–water partition coefficient (Wildman–Crippen LogP) is 1.34. The van der Waals surface area contributed by atoms with Gasteiger partial charge in [0.2, 0.25) is 6.29 Å². The Balaban J connectivity index is 1.96. The minimum absolute atomic E-state index is 0.129. The topological polar surface area (TPSA) is 126 Å². The molecule has 1 aliphatic rings. The lowest BCUT2D eigenvalue weighted by molar-refractivity contribution is -0.278. The Morgan fingerprint density at radius 2 is 1.72 bits per heavy atom. The SMILES string of the molecule is COC(=O)c1cccc(-c2ccc(OC3O[C@@H](CO)[C@@H](O)[C@@H](O)[C@@H]3O)c(C(F)(F)F)c2)c1. The quantitative estimate of drug-likeness (QED) is 0.495. The molecule has 8 nitrogen and oxygen atoms in total. The van der Waals surface area contributed by atoms with Crippen LogP contribution in [0.5, 0.6) is 5.75 Å². The Hall–Kier alpha value is -2.70. The van der Waals surface area contributed by atoms with Crippen molar-refractivity contribution < 1.29 is 52.6 Å². The maximum absolute atomic E-state index is 13.8. The summed E-state index contributed by atoms with van der Waals surface area (Å²) in [7, 11) is 1.18. The predicted molar refractivity (Wildman–Crippen MR) is 103 cm³/mol. The van der Waals surface area contributed by atoms with Crippen molar-refractivity contribution in [2.75, 3.05) is 13.7 Å². The Morgan fingerprint density at radius 3 is 2.34 bits per heavy atom.